The van der Waals surface area contributed by atoms with Crippen LogP contribution in [-0.4, -0.2) is 42.9 Å². The van der Waals surface area contributed by atoms with E-state index >= 15 is 0 Å². The number of hydrogen-bond donors (Lipinski definition) is 1. The molecule has 0 radical (unpaired) electrons. The predicted molar refractivity (Wildman–Crippen MR) is 90.1 cm³/mol. The maximum absolute atomic E-state index is 12.7. The second-order valence-electron chi connectivity index (χ2n) is 6.85. The number of aryl methyl sites for hydroxylation is 2. The molecule has 5 nitrogen and oxygen atoms in total. The number of benzene rings is 1. The minimum absolute atomic E-state index is 0.0159. The summed E-state index contributed by atoms with van der Waals surface area (Å²) in [5.74, 6) is -0.215. The summed E-state index contributed by atoms with van der Waals surface area (Å²) in [5.41, 5.74) is 8.86. The first kappa shape index (κ1) is 16.0. The Labute approximate surface area is 137 Å². The molecule has 23 heavy (non-hydrogen) atoms. The SMILES string of the molecule is Cc1cc(C)cc(N2CC[C@H](C(=O)N3CC[C@H](CN)C3)C2=O)c1. The zero-order valence-electron chi connectivity index (χ0n) is 13.9. The van der Waals surface area contributed by atoms with E-state index in [9.17, 15) is 9.59 Å². The van der Waals surface area contributed by atoms with Gasteiger partial charge in [0.1, 0.15) is 5.92 Å². The molecule has 0 saturated carbocycles. The summed E-state index contributed by atoms with van der Waals surface area (Å²) in [6.45, 7) is 6.70. The third-order valence-corrected chi connectivity index (χ3v) is 4.95. The van der Waals surface area contributed by atoms with E-state index in [2.05, 4.69) is 6.07 Å². The molecule has 2 heterocycles. The van der Waals surface area contributed by atoms with Gasteiger partial charge in [0.05, 0.1) is 0 Å². The molecule has 2 fully saturated rings. The van der Waals surface area contributed by atoms with Gasteiger partial charge in [-0.05, 0) is 62.4 Å². The third kappa shape index (κ3) is 3.11. The lowest BCUT2D eigenvalue weighted by atomic mass is 10.1. The van der Waals surface area contributed by atoms with Gasteiger partial charge >= 0.3 is 0 Å². The van der Waals surface area contributed by atoms with Crippen LogP contribution >= 0.6 is 0 Å². The van der Waals surface area contributed by atoms with Crippen LogP contribution in [0.3, 0.4) is 0 Å². The van der Waals surface area contributed by atoms with Crippen LogP contribution in [0.4, 0.5) is 5.69 Å². The smallest absolute Gasteiger partial charge is 0.239 e. The van der Waals surface area contributed by atoms with Gasteiger partial charge in [-0.3, -0.25) is 9.59 Å². The highest BCUT2D eigenvalue weighted by Gasteiger charge is 2.41. The van der Waals surface area contributed by atoms with Crippen LogP contribution in [0.5, 0.6) is 0 Å². The van der Waals surface area contributed by atoms with E-state index < -0.39 is 5.92 Å². The number of anilines is 1. The molecule has 2 aliphatic heterocycles. The molecule has 2 amide bonds. The molecule has 2 saturated heterocycles. The lowest BCUT2D eigenvalue weighted by molar-refractivity contribution is -0.139. The van der Waals surface area contributed by atoms with Gasteiger partial charge in [-0.1, -0.05) is 6.07 Å². The number of carbonyl (C=O) groups excluding carboxylic acids is 2. The highest BCUT2D eigenvalue weighted by Crippen LogP contribution is 2.29. The minimum Gasteiger partial charge on any atom is -0.342 e. The van der Waals surface area contributed by atoms with Crippen LogP contribution in [0.2, 0.25) is 0 Å². The van der Waals surface area contributed by atoms with E-state index in [0.29, 0.717) is 32.0 Å². The number of rotatable bonds is 3. The molecule has 0 bridgehead atoms. The molecule has 1 aromatic rings. The van der Waals surface area contributed by atoms with Crippen molar-refractivity contribution in [3.05, 3.63) is 29.3 Å². The standard InChI is InChI=1S/C18H25N3O2/c1-12-7-13(2)9-15(8-12)21-6-4-16(18(21)23)17(22)20-5-3-14(10-19)11-20/h7-9,14,16H,3-6,10-11,19H2,1-2H3/t14-,16-/m1/s1. The largest absolute Gasteiger partial charge is 0.342 e. The Morgan fingerprint density at radius 3 is 2.48 bits per heavy atom. The second-order valence-corrected chi connectivity index (χ2v) is 6.85. The van der Waals surface area contributed by atoms with Gasteiger partial charge in [0.25, 0.3) is 0 Å². The number of nitrogens with zero attached hydrogens (tertiary/aromatic N) is 2. The quantitative estimate of drug-likeness (QED) is 0.859. The van der Waals surface area contributed by atoms with Crippen molar-refractivity contribution in [2.45, 2.75) is 26.7 Å². The Morgan fingerprint density at radius 1 is 1.17 bits per heavy atom. The van der Waals surface area contributed by atoms with Crippen molar-refractivity contribution in [3.8, 4) is 0 Å². The number of amides is 2. The molecule has 0 unspecified atom stereocenters. The van der Waals surface area contributed by atoms with Crippen molar-refractivity contribution in [1.82, 2.24) is 4.90 Å². The number of hydrogen-bond acceptors (Lipinski definition) is 3. The van der Waals surface area contributed by atoms with Gasteiger partial charge in [0, 0.05) is 25.3 Å². The summed E-state index contributed by atoms with van der Waals surface area (Å²) in [5, 5.41) is 0. The van der Waals surface area contributed by atoms with Crippen molar-refractivity contribution in [2.75, 3.05) is 31.1 Å². The fraction of sp³-hybridized carbons (Fsp3) is 0.556. The Hall–Kier alpha value is -1.88. The van der Waals surface area contributed by atoms with Crippen LogP contribution in [0.25, 0.3) is 0 Å². The fourth-order valence-corrected chi connectivity index (χ4v) is 3.72. The van der Waals surface area contributed by atoms with Crippen molar-refractivity contribution in [2.24, 2.45) is 17.6 Å². The van der Waals surface area contributed by atoms with Crippen molar-refractivity contribution in [1.29, 1.82) is 0 Å². The number of nitrogens with two attached hydrogens (primary N) is 1. The minimum atomic E-state index is -0.521. The summed E-state index contributed by atoms with van der Waals surface area (Å²) in [4.78, 5) is 29.0. The molecule has 0 aliphatic carbocycles. The Kier molecular flexibility index (Phi) is 4.39. The Morgan fingerprint density at radius 2 is 1.87 bits per heavy atom. The first-order valence-electron chi connectivity index (χ1n) is 8.38. The summed E-state index contributed by atoms with van der Waals surface area (Å²) in [7, 11) is 0. The average Bonchev–Trinajstić information content (AvgIpc) is 3.12. The molecule has 0 aromatic heterocycles. The zero-order valence-corrected chi connectivity index (χ0v) is 13.9. The second kappa shape index (κ2) is 6.32. The van der Waals surface area contributed by atoms with E-state index in [1.807, 2.05) is 30.9 Å². The first-order valence-corrected chi connectivity index (χ1v) is 8.38. The van der Waals surface area contributed by atoms with Gasteiger partial charge in [-0.2, -0.15) is 0 Å². The lowest BCUT2D eigenvalue weighted by Gasteiger charge is -2.21. The van der Waals surface area contributed by atoms with Crippen molar-refractivity contribution in [3.63, 3.8) is 0 Å². The molecule has 2 N–H and O–H groups in total. The van der Waals surface area contributed by atoms with E-state index in [1.165, 1.54) is 0 Å². The first-order chi connectivity index (χ1) is 11.0. The normalized spacial score (nSPS) is 24.6. The zero-order chi connectivity index (χ0) is 16.6. The predicted octanol–water partition coefficient (Wildman–Crippen LogP) is 1.46. The molecular formula is C18H25N3O2. The van der Waals surface area contributed by atoms with Crippen molar-refractivity contribution >= 4 is 17.5 Å². The highest BCUT2D eigenvalue weighted by atomic mass is 16.2. The van der Waals surface area contributed by atoms with Gasteiger partial charge < -0.3 is 15.5 Å². The lowest BCUT2D eigenvalue weighted by Crippen LogP contribution is -2.39. The van der Waals surface area contributed by atoms with Crippen LogP contribution < -0.4 is 10.6 Å². The van der Waals surface area contributed by atoms with Crippen LogP contribution in [0.15, 0.2) is 18.2 Å². The Bertz CT molecular complexity index is 608. The molecule has 5 heteroatoms. The monoisotopic (exact) mass is 315 g/mol. The molecule has 124 valence electrons. The van der Waals surface area contributed by atoms with Gasteiger partial charge in [-0.25, -0.2) is 0 Å². The van der Waals surface area contributed by atoms with E-state index in [1.54, 1.807) is 4.90 Å². The van der Waals surface area contributed by atoms with Gasteiger partial charge in [0.15, 0.2) is 0 Å². The van der Waals surface area contributed by atoms with Gasteiger partial charge in [-0.15, -0.1) is 0 Å². The maximum Gasteiger partial charge on any atom is 0.239 e. The molecule has 0 spiro atoms. The Balaban J connectivity index is 1.72. The van der Waals surface area contributed by atoms with E-state index in [0.717, 1.165) is 29.8 Å². The summed E-state index contributed by atoms with van der Waals surface area (Å²) >= 11 is 0. The maximum atomic E-state index is 12.7. The third-order valence-electron chi connectivity index (χ3n) is 4.95. The topological polar surface area (TPSA) is 66.6 Å². The number of likely N-dealkylation sites (tertiary alicyclic amines) is 1. The molecule has 3 rings (SSSR count). The average molecular weight is 315 g/mol. The molecule has 2 aliphatic rings. The molecule has 2 atom stereocenters. The van der Waals surface area contributed by atoms with Gasteiger partial charge in [0.2, 0.25) is 11.8 Å². The summed E-state index contributed by atoms with van der Waals surface area (Å²) in [6.07, 6.45) is 1.55. The van der Waals surface area contributed by atoms with Crippen molar-refractivity contribution < 1.29 is 9.59 Å². The molecule has 1 aromatic carbocycles. The summed E-state index contributed by atoms with van der Waals surface area (Å²) in [6, 6.07) is 6.11. The van der Waals surface area contributed by atoms with Crippen LogP contribution in [-0.2, 0) is 9.59 Å². The highest BCUT2D eigenvalue weighted by molar-refractivity contribution is 6.09. The molecular weight excluding hydrogens is 290 g/mol. The van der Waals surface area contributed by atoms with Crippen LogP contribution in [0.1, 0.15) is 24.0 Å². The van der Waals surface area contributed by atoms with E-state index in [4.69, 9.17) is 5.73 Å². The summed E-state index contributed by atoms with van der Waals surface area (Å²) < 4.78 is 0. The van der Waals surface area contributed by atoms with E-state index in [-0.39, 0.29) is 11.8 Å². The number of carbonyl (C=O) groups is 2. The van der Waals surface area contributed by atoms with Crippen LogP contribution in [0, 0.1) is 25.7 Å². The fourth-order valence-electron chi connectivity index (χ4n) is 3.72.